The van der Waals surface area contributed by atoms with Gasteiger partial charge in [0.1, 0.15) is 23.0 Å². The molecule has 3 rings (SSSR count). The van der Waals surface area contributed by atoms with Gasteiger partial charge < -0.3 is 9.47 Å². The Bertz CT molecular complexity index is 1300. The standard InChI is InChI=1S/C23H23BrClF6N3O5/c1-5-38-20(36)17(18(35)12-6-9(26)8-33(12)21(37)39-22(2,3)4)34-16(19(27)28)13-10(23(29,30)31)7-11(24)14(25)15(13)32-34/h7,9,12,17,19H,5-6,8H2,1-4H3/t9?,12-,17?/m1/s1. The van der Waals surface area contributed by atoms with Crippen molar-refractivity contribution in [3.63, 3.8) is 0 Å². The molecule has 1 aromatic heterocycles. The van der Waals surface area contributed by atoms with E-state index in [0.717, 1.165) is 0 Å². The first-order valence-corrected chi connectivity index (χ1v) is 12.7. The highest BCUT2D eigenvalue weighted by Crippen LogP contribution is 2.45. The van der Waals surface area contributed by atoms with Crippen LogP contribution in [0, 0.1) is 0 Å². The SMILES string of the molecule is CCOC(=O)C(C(=O)[C@H]1CC(F)CN1C(=O)OC(C)(C)C)n1nc2c(Cl)c(Br)cc(C(F)(F)F)c2c1C(F)F. The summed E-state index contributed by atoms with van der Waals surface area (Å²) in [6, 6.07) is -3.64. The van der Waals surface area contributed by atoms with Gasteiger partial charge in [-0.1, -0.05) is 11.6 Å². The van der Waals surface area contributed by atoms with Crippen molar-refractivity contribution in [3.8, 4) is 0 Å². The average Bonchev–Trinajstić information content (AvgIpc) is 3.36. The molecule has 16 heteroatoms. The van der Waals surface area contributed by atoms with Gasteiger partial charge in [-0.3, -0.25) is 9.69 Å². The number of ether oxygens (including phenoxy) is 2. The molecule has 1 saturated heterocycles. The fraction of sp³-hybridized carbons (Fsp3) is 0.565. The van der Waals surface area contributed by atoms with Crippen LogP contribution in [0.3, 0.4) is 0 Å². The Kier molecular flexibility index (Phi) is 8.85. The Morgan fingerprint density at radius 3 is 2.36 bits per heavy atom. The van der Waals surface area contributed by atoms with Crippen molar-refractivity contribution in [1.82, 2.24) is 14.7 Å². The van der Waals surface area contributed by atoms with E-state index < -0.39 is 94.5 Å². The van der Waals surface area contributed by atoms with Crippen molar-refractivity contribution in [2.24, 2.45) is 0 Å². The van der Waals surface area contributed by atoms with Crippen molar-refractivity contribution in [3.05, 3.63) is 26.8 Å². The molecule has 0 radical (unpaired) electrons. The molecule has 0 bridgehead atoms. The van der Waals surface area contributed by atoms with Crippen LogP contribution in [0.2, 0.25) is 5.02 Å². The highest BCUT2D eigenvalue weighted by Gasteiger charge is 2.48. The quantitative estimate of drug-likeness (QED) is 0.203. The van der Waals surface area contributed by atoms with Crippen LogP contribution in [0.1, 0.15) is 57.8 Å². The number of Topliss-reactive ketones (excluding diaryl/α,β-unsaturated/α-hetero) is 1. The third-order valence-corrected chi connectivity index (χ3v) is 6.88. The summed E-state index contributed by atoms with van der Waals surface area (Å²) in [4.78, 5) is 40.1. The zero-order chi connectivity index (χ0) is 29.6. The lowest BCUT2D eigenvalue weighted by atomic mass is 10.0. The van der Waals surface area contributed by atoms with E-state index in [2.05, 4.69) is 21.0 Å². The Hall–Kier alpha value is -2.55. The van der Waals surface area contributed by atoms with Crippen LogP contribution >= 0.6 is 27.5 Å². The predicted octanol–water partition coefficient (Wildman–Crippen LogP) is 6.43. The second-order valence-corrected chi connectivity index (χ2v) is 10.8. The average molecular weight is 651 g/mol. The molecular weight excluding hydrogens is 628 g/mol. The molecule has 2 heterocycles. The Morgan fingerprint density at radius 2 is 1.85 bits per heavy atom. The Morgan fingerprint density at radius 1 is 1.23 bits per heavy atom. The first-order valence-electron chi connectivity index (χ1n) is 11.5. The molecule has 0 spiro atoms. The number of carbonyl (C=O) groups excluding carboxylic acids is 3. The zero-order valence-corrected chi connectivity index (χ0v) is 23.3. The molecule has 8 nitrogen and oxygen atoms in total. The number of ketones is 1. The van der Waals surface area contributed by atoms with Crippen LogP contribution in [0.15, 0.2) is 10.5 Å². The number of rotatable bonds is 6. The minimum atomic E-state index is -5.16. The van der Waals surface area contributed by atoms with E-state index in [9.17, 15) is 40.7 Å². The van der Waals surface area contributed by atoms with Gasteiger partial charge >= 0.3 is 18.2 Å². The van der Waals surface area contributed by atoms with E-state index in [-0.39, 0.29) is 15.8 Å². The number of amides is 1. The number of esters is 1. The summed E-state index contributed by atoms with van der Waals surface area (Å²) in [7, 11) is 0. The number of hydrogen-bond acceptors (Lipinski definition) is 6. The van der Waals surface area contributed by atoms with Crippen molar-refractivity contribution >= 4 is 56.3 Å². The lowest BCUT2D eigenvalue weighted by Crippen LogP contribution is -2.47. The van der Waals surface area contributed by atoms with E-state index in [1.807, 2.05) is 0 Å². The fourth-order valence-corrected chi connectivity index (χ4v) is 4.79. The van der Waals surface area contributed by atoms with Gasteiger partial charge in [-0.2, -0.15) is 18.3 Å². The topological polar surface area (TPSA) is 90.7 Å². The molecule has 39 heavy (non-hydrogen) atoms. The van der Waals surface area contributed by atoms with Crippen molar-refractivity contribution < 1.29 is 50.2 Å². The summed E-state index contributed by atoms with van der Waals surface area (Å²) in [5.74, 6) is -2.76. The molecule has 1 fully saturated rings. The second kappa shape index (κ2) is 11.1. The molecule has 0 saturated carbocycles. The van der Waals surface area contributed by atoms with E-state index >= 15 is 0 Å². The first kappa shape index (κ1) is 31.0. The maximum absolute atomic E-state index is 14.4. The lowest BCUT2D eigenvalue weighted by Gasteiger charge is -2.29. The largest absolute Gasteiger partial charge is 0.464 e. The molecule has 0 aliphatic carbocycles. The van der Waals surface area contributed by atoms with E-state index in [0.29, 0.717) is 11.0 Å². The summed E-state index contributed by atoms with van der Waals surface area (Å²) in [6.45, 7) is 4.91. The van der Waals surface area contributed by atoms with Gasteiger partial charge in [0.15, 0.2) is 5.78 Å². The highest BCUT2D eigenvalue weighted by atomic mass is 79.9. The van der Waals surface area contributed by atoms with E-state index in [1.165, 1.54) is 27.7 Å². The minimum Gasteiger partial charge on any atom is -0.464 e. The van der Waals surface area contributed by atoms with Crippen molar-refractivity contribution in [2.75, 3.05) is 13.2 Å². The first-order chi connectivity index (χ1) is 17.9. The molecule has 2 unspecified atom stereocenters. The van der Waals surface area contributed by atoms with Crippen LogP contribution in [0.4, 0.5) is 31.1 Å². The monoisotopic (exact) mass is 649 g/mol. The minimum absolute atomic E-state index is 0.113. The summed E-state index contributed by atoms with van der Waals surface area (Å²) < 4.78 is 94.7. The third kappa shape index (κ3) is 6.28. The summed E-state index contributed by atoms with van der Waals surface area (Å²) in [5, 5.41) is 2.11. The van der Waals surface area contributed by atoms with Gasteiger partial charge in [0.2, 0.25) is 6.04 Å². The van der Waals surface area contributed by atoms with Gasteiger partial charge in [0.25, 0.3) is 6.43 Å². The number of benzene rings is 1. The molecule has 0 N–H and O–H groups in total. The van der Waals surface area contributed by atoms with Gasteiger partial charge in [-0.05, 0) is 49.7 Å². The highest BCUT2D eigenvalue weighted by molar-refractivity contribution is 9.10. The van der Waals surface area contributed by atoms with Crippen LogP contribution in [0.25, 0.3) is 10.9 Å². The molecule has 1 aromatic carbocycles. The van der Waals surface area contributed by atoms with E-state index in [4.69, 9.17) is 21.1 Å². The number of carbonyl (C=O) groups is 3. The molecular formula is C23H23BrClF6N3O5. The summed E-state index contributed by atoms with van der Waals surface area (Å²) >= 11 is 8.91. The van der Waals surface area contributed by atoms with Crippen molar-refractivity contribution in [2.45, 2.75) is 70.6 Å². The molecule has 3 atom stereocenters. The molecule has 1 aliphatic rings. The summed E-state index contributed by atoms with van der Waals surface area (Å²) in [5.41, 5.74) is -4.81. The summed E-state index contributed by atoms with van der Waals surface area (Å²) in [6.07, 6.45) is -12.3. The fourth-order valence-electron chi connectivity index (χ4n) is 4.19. The number of halogens is 8. The van der Waals surface area contributed by atoms with Crippen molar-refractivity contribution in [1.29, 1.82) is 0 Å². The molecule has 2 aromatic rings. The lowest BCUT2D eigenvalue weighted by molar-refractivity contribution is -0.152. The Balaban J connectivity index is 2.27. The predicted molar refractivity (Wildman–Crippen MR) is 129 cm³/mol. The number of alkyl halides is 6. The maximum atomic E-state index is 14.4. The number of aromatic nitrogens is 2. The maximum Gasteiger partial charge on any atom is 0.417 e. The van der Waals surface area contributed by atoms with Gasteiger partial charge in [-0.15, -0.1) is 0 Å². The van der Waals surface area contributed by atoms with Crippen LogP contribution in [-0.4, -0.2) is 63.5 Å². The molecule has 1 aliphatic heterocycles. The van der Waals surface area contributed by atoms with Gasteiger partial charge in [0, 0.05) is 16.3 Å². The van der Waals surface area contributed by atoms with Crippen LogP contribution in [-0.2, 0) is 25.2 Å². The normalized spacial score (nSPS) is 19.1. The van der Waals surface area contributed by atoms with E-state index in [1.54, 1.807) is 0 Å². The van der Waals surface area contributed by atoms with Gasteiger partial charge in [-0.25, -0.2) is 27.4 Å². The second-order valence-electron chi connectivity index (χ2n) is 9.61. The third-order valence-electron chi connectivity index (χ3n) is 5.65. The Labute approximate surface area is 231 Å². The van der Waals surface area contributed by atoms with Crippen LogP contribution < -0.4 is 0 Å². The number of fused-ring (bicyclic) bond motifs is 1. The smallest absolute Gasteiger partial charge is 0.417 e. The van der Waals surface area contributed by atoms with Crippen LogP contribution in [0.5, 0.6) is 0 Å². The number of nitrogens with zero attached hydrogens (tertiary/aromatic N) is 3. The number of likely N-dealkylation sites (tertiary alicyclic amines) is 1. The van der Waals surface area contributed by atoms with Gasteiger partial charge in [0.05, 0.1) is 29.8 Å². The zero-order valence-electron chi connectivity index (χ0n) is 20.9. The molecule has 1 amide bonds. The molecule has 216 valence electrons. The number of hydrogen-bond donors (Lipinski definition) is 0.